The molecule has 1 amide bonds. The molecule has 0 spiro atoms. The summed E-state index contributed by atoms with van der Waals surface area (Å²) in [6.45, 7) is 3.37. The Hall–Kier alpha value is -3.48. The van der Waals surface area contributed by atoms with Crippen LogP contribution in [0.3, 0.4) is 0 Å². The van der Waals surface area contributed by atoms with Crippen LogP contribution in [0, 0.1) is 0 Å². The van der Waals surface area contributed by atoms with Crippen LogP contribution in [-0.2, 0) is 11.2 Å². The topological polar surface area (TPSA) is 71.5 Å². The molecule has 0 N–H and O–H groups in total. The fourth-order valence-corrected chi connectivity index (χ4v) is 4.27. The molecule has 172 valence electrons. The minimum absolute atomic E-state index is 0.0531. The van der Waals surface area contributed by atoms with Crippen molar-refractivity contribution in [3.63, 3.8) is 0 Å². The largest absolute Gasteiger partial charge is 0.494 e. The van der Waals surface area contributed by atoms with Crippen molar-refractivity contribution in [1.82, 2.24) is 19.9 Å². The Morgan fingerprint density at radius 2 is 1.91 bits per heavy atom. The summed E-state index contributed by atoms with van der Waals surface area (Å²) < 4.78 is 5.51. The van der Waals surface area contributed by atoms with Crippen molar-refractivity contribution in [2.75, 3.05) is 32.1 Å². The van der Waals surface area contributed by atoms with Crippen molar-refractivity contribution in [3.05, 3.63) is 66.2 Å². The summed E-state index contributed by atoms with van der Waals surface area (Å²) in [4.78, 5) is 30.7. The van der Waals surface area contributed by atoms with Gasteiger partial charge in [0.2, 0.25) is 11.9 Å². The van der Waals surface area contributed by atoms with E-state index >= 15 is 0 Å². The summed E-state index contributed by atoms with van der Waals surface area (Å²) in [5, 5.41) is 0. The molecule has 1 fully saturated rings. The number of hydrogen-bond acceptors (Lipinski definition) is 6. The van der Waals surface area contributed by atoms with Gasteiger partial charge in [-0.2, -0.15) is 0 Å². The number of carbonyl (C=O) groups is 1. The average Bonchev–Trinajstić information content (AvgIpc) is 3.34. The maximum atomic E-state index is 13.3. The van der Waals surface area contributed by atoms with E-state index in [4.69, 9.17) is 9.72 Å². The summed E-state index contributed by atoms with van der Waals surface area (Å²) in [5.41, 5.74) is 4.02. The van der Waals surface area contributed by atoms with Crippen LogP contribution in [0.15, 0.2) is 55.0 Å². The second-order valence-electron chi connectivity index (χ2n) is 8.42. The lowest BCUT2D eigenvalue weighted by molar-refractivity contribution is -0.132. The average molecular weight is 446 g/mol. The van der Waals surface area contributed by atoms with Gasteiger partial charge in [0.15, 0.2) is 0 Å². The van der Waals surface area contributed by atoms with E-state index in [1.54, 1.807) is 12.4 Å². The predicted octanol–water partition coefficient (Wildman–Crippen LogP) is 4.30. The van der Waals surface area contributed by atoms with Crippen molar-refractivity contribution < 1.29 is 9.53 Å². The smallest absolute Gasteiger partial charge is 0.225 e. The number of rotatable bonds is 8. The fourth-order valence-electron chi connectivity index (χ4n) is 4.27. The van der Waals surface area contributed by atoms with Crippen molar-refractivity contribution in [3.8, 4) is 16.9 Å². The number of benzene rings is 1. The molecule has 2 aromatic heterocycles. The van der Waals surface area contributed by atoms with Crippen molar-refractivity contribution in [2.45, 2.75) is 38.6 Å². The van der Waals surface area contributed by atoms with Crippen molar-refractivity contribution in [1.29, 1.82) is 0 Å². The molecule has 0 saturated carbocycles. The minimum atomic E-state index is -0.0531. The van der Waals surface area contributed by atoms with Gasteiger partial charge in [-0.1, -0.05) is 12.1 Å². The Morgan fingerprint density at radius 1 is 1.15 bits per heavy atom. The monoisotopic (exact) mass is 445 g/mol. The second kappa shape index (κ2) is 10.4. The van der Waals surface area contributed by atoms with Gasteiger partial charge in [0, 0.05) is 51.2 Å². The van der Waals surface area contributed by atoms with Gasteiger partial charge in [-0.05, 0) is 61.6 Å². The number of aryl methyl sites for hydroxylation is 1. The van der Waals surface area contributed by atoms with E-state index < -0.39 is 0 Å². The third kappa shape index (κ3) is 5.30. The molecule has 0 radical (unpaired) electrons. The van der Waals surface area contributed by atoms with Crippen LogP contribution >= 0.6 is 0 Å². The zero-order valence-electron chi connectivity index (χ0n) is 19.6. The third-order valence-electron chi connectivity index (χ3n) is 5.95. The fraction of sp³-hybridized carbons (Fsp3) is 0.385. The van der Waals surface area contributed by atoms with Crippen LogP contribution in [0.2, 0.25) is 0 Å². The molecule has 3 aromatic rings. The maximum absolute atomic E-state index is 13.3. The first-order valence-electron chi connectivity index (χ1n) is 11.5. The van der Waals surface area contributed by atoms with Crippen LogP contribution in [0.5, 0.6) is 5.75 Å². The van der Waals surface area contributed by atoms with Crippen LogP contribution in [0.25, 0.3) is 11.1 Å². The van der Waals surface area contributed by atoms with E-state index in [1.165, 1.54) is 0 Å². The Kier molecular flexibility index (Phi) is 7.17. The molecule has 1 aliphatic rings. The lowest BCUT2D eigenvalue weighted by Gasteiger charge is -2.27. The van der Waals surface area contributed by atoms with Gasteiger partial charge in [-0.3, -0.25) is 9.78 Å². The zero-order chi connectivity index (χ0) is 23.2. The highest BCUT2D eigenvalue weighted by Crippen LogP contribution is 2.37. The lowest BCUT2D eigenvalue weighted by Crippen LogP contribution is -2.31. The molecule has 7 heteroatoms. The van der Waals surface area contributed by atoms with Gasteiger partial charge >= 0.3 is 0 Å². The SMILES string of the molecule is CCOc1ccc(CCC(=O)N2CCCC2c2nc(N(C)C)ncc2-c2ccncc2)cc1. The highest BCUT2D eigenvalue weighted by molar-refractivity contribution is 5.78. The van der Waals surface area contributed by atoms with Gasteiger partial charge in [0.05, 0.1) is 18.3 Å². The number of pyridine rings is 1. The molecule has 0 aliphatic carbocycles. The first-order valence-corrected chi connectivity index (χ1v) is 11.5. The number of anilines is 1. The number of hydrogen-bond donors (Lipinski definition) is 0. The molecule has 1 aromatic carbocycles. The van der Waals surface area contributed by atoms with E-state index in [9.17, 15) is 4.79 Å². The van der Waals surface area contributed by atoms with E-state index in [-0.39, 0.29) is 11.9 Å². The van der Waals surface area contributed by atoms with E-state index in [2.05, 4.69) is 9.97 Å². The highest BCUT2D eigenvalue weighted by Gasteiger charge is 2.33. The molecule has 33 heavy (non-hydrogen) atoms. The van der Waals surface area contributed by atoms with Gasteiger partial charge in [-0.15, -0.1) is 0 Å². The number of nitrogens with zero attached hydrogens (tertiary/aromatic N) is 5. The first kappa shape index (κ1) is 22.7. The van der Waals surface area contributed by atoms with Crippen LogP contribution in [0.4, 0.5) is 5.95 Å². The van der Waals surface area contributed by atoms with Crippen LogP contribution in [0.1, 0.15) is 43.5 Å². The number of carbonyl (C=O) groups excluding carboxylic acids is 1. The van der Waals surface area contributed by atoms with Crippen molar-refractivity contribution in [2.24, 2.45) is 0 Å². The molecular formula is C26H31N5O2. The molecule has 3 heterocycles. The summed E-state index contributed by atoms with van der Waals surface area (Å²) in [5.74, 6) is 1.67. The Balaban J connectivity index is 1.54. The summed E-state index contributed by atoms with van der Waals surface area (Å²) in [6.07, 6.45) is 8.46. The summed E-state index contributed by atoms with van der Waals surface area (Å²) in [7, 11) is 3.86. The maximum Gasteiger partial charge on any atom is 0.225 e. The molecule has 0 bridgehead atoms. The number of ether oxygens (including phenoxy) is 1. The number of likely N-dealkylation sites (tertiary alicyclic amines) is 1. The lowest BCUT2D eigenvalue weighted by atomic mass is 10.0. The third-order valence-corrected chi connectivity index (χ3v) is 5.95. The number of aromatic nitrogens is 3. The molecule has 1 saturated heterocycles. The summed E-state index contributed by atoms with van der Waals surface area (Å²) >= 11 is 0. The van der Waals surface area contributed by atoms with E-state index in [1.807, 2.05) is 73.4 Å². The first-order chi connectivity index (χ1) is 16.1. The van der Waals surface area contributed by atoms with Gasteiger partial charge in [0.1, 0.15) is 5.75 Å². The molecule has 1 unspecified atom stereocenters. The second-order valence-corrected chi connectivity index (χ2v) is 8.42. The molecular weight excluding hydrogens is 414 g/mol. The van der Waals surface area contributed by atoms with E-state index in [0.29, 0.717) is 25.4 Å². The Bertz CT molecular complexity index is 1070. The Labute approximate surface area is 195 Å². The standard InChI is InChI=1S/C26H31N5O2/c1-4-33-21-10-7-19(8-11-21)9-12-24(32)31-17-5-6-23(31)25-22(20-13-15-27-16-14-20)18-28-26(29-25)30(2)3/h7-8,10-11,13-16,18,23H,4-6,9,12,17H2,1-3H3. The van der Waals surface area contributed by atoms with Crippen LogP contribution < -0.4 is 9.64 Å². The van der Waals surface area contributed by atoms with Crippen LogP contribution in [-0.4, -0.2) is 53.0 Å². The van der Waals surface area contributed by atoms with Crippen molar-refractivity contribution >= 4 is 11.9 Å². The highest BCUT2D eigenvalue weighted by atomic mass is 16.5. The van der Waals surface area contributed by atoms with Gasteiger partial charge in [-0.25, -0.2) is 9.97 Å². The van der Waals surface area contributed by atoms with Gasteiger partial charge < -0.3 is 14.5 Å². The van der Waals surface area contributed by atoms with E-state index in [0.717, 1.165) is 47.5 Å². The molecule has 4 rings (SSSR count). The normalized spacial score (nSPS) is 15.5. The number of amides is 1. The Morgan fingerprint density at radius 3 is 2.61 bits per heavy atom. The molecule has 1 atom stereocenters. The minimum Gasteiger partial charge on any atom is -0.494 e. The predicted molar refractivity (Wildman–Crippen MR) is 129 cm³/mol. The van der Waals surface area contributed by atoms with Gasteiger partial charge in [0.25, 0.3) is 0 Å². The summed E-state index contributed by atoms with van der Waals surface area (Å²) in [6, 6.07) is 11.9. The molecule has 1 aliphatic heterocycles. The quantitative estimate of drug-likeness (QED) is 0.515. The zero-order valence-corrected chi connectivity index (χ0v) is 19.6. The molecule has 7 nitrogen and oxygen atoms in total.